The van der Waals surface area contributed by atoms with Crippen LogP contribution in [0.3, 0.4) is 0 Å². The molecule has 0 amide bonds. The van der Waals surface area contributed by atoms with Crippen molar-refractivity contribution in [3.8, 4) is 0 Å². The third-order valence-electron chi connectivity index (χ3n) is 3.42. The van der Waals surface area contributed by atoms with Crippen LogP contribution in [0.1, 0.15) is 22.9 Å². The van der Waals surface area contributed by atoms with E-state index in [0.29, 0.717) is 6.54 Å². The van der Waals surface area contributed by atoms with Crippen LogP contribution in [0.15, 0.2) is 36.7 Å². The summed E-state index contributed by atoms with van der Waals surface area (Å²) in [4.78, 5) is 11.1. The highest BCUT2D eigenvalue weighted by Crippen LogP contribution is 2.28. The number of nitrogens with one attached hydrogen (secondary N) is 1. The van der Waals surface area contributed by atoms with Crippen LogP contribution < -0.4 is 11.1 Å². The molecule has 2 aromatic heterocycles. The Kier molecular flexibility index (Phi) is 4.13. The molecule has 21 heavy (non-hydrogen) atoms. The first-order valence-electron chi connectivity index (χ1n) is 7.05. The second-order valence-electron chi connectivity index (χ2n) is 4.88. The summed E-state index contributed by atoms with van der Waals surface area (Å²) >= 11 is 1.73. The van der Waals surface area contributed by atoms with E-state index < -0.39 is 0 Å². The van der Waals surface area contributed by atoms with Gasteiger partial charge in [-0.2, -0.15) is 0 Å². The fourth-order valence-electron chi connectivity index (χ4n) is 2.27. The molecule has 0 radical (unpaired) electrons. The second kappa shape index (κ2) is 6.20. The van der Waals surface area contributed by atoms with Crippen LogP contribution in [-0.4, -0.2) is 9.97 Å². The predicted octanol–water partition coefficient (Wildman–Crippen LogP) is 3.32. The molecular weight excluding hydrogens is 280 g/mol. The molecule has 3 rings (SSSR count). The third-order valence-corrected chi connectivity index (χ3v) is 4.60. The van der Waals surface area contributed by atoms with E-state index in [1.807, 2.05) is 12.1 Å². The molecule has 108 valence electrons. The van der Waals surface area contributed by atoms with Crippen LogP contribution in [0.5, 0.6) is 0 Å². The Morgan fingerprint density at radius 2 is 2.05 bits per heavy atom. The van der Waals surface area contributed by atoms with E-state index in [0.717, 1.165) is 34.6 Å². The summed E-state index contributed by atoms with van der Waals surface area (Å²) in [7, 11) is 0. The lowest BCUT2D eigenvalue weighted by atomic mass is 10.1. The van der Waals surface area contributed by atoms with Gasteiger partial charge in [0.15, 0.2) is 0 Å². The van der Waals surface area contributed by atoms with Gasteiger partial charge in [-0.25, -0.2) is 9.97 Å². The molecule has 5 heteroatoms. The molecule has 0 spiro atoms. The van der Waals surface area contributed by atoms with Gasteiger partial charge < -0.3 is 11.1 Å². The van der Waals surface area contributed by atoms with Crippen molar-refractivity contribution >= 4 is 27.4 Å². The molecule has 0 saturated carbocycles. The van der Waals surface area contributed by atoms with Gasteiger partial charge in [0.2, 0.25) is 0 Å². The summed E-state index contributed by atoms with van der Waals surface area (Å²) in [5, 5.41) is 4.51. The van der Waals surface area contributed by atoms with Gasteiger partial charge >= 0.3 is 0 Å². The van der Waals surface area contributed by atoms with Gasteiger partial charge in [-0.15, -0.1) is 11.3 Å². The quantitative estimate of drug-likeness (QED) is 0.758. The van der Waals surface area contributed by atoms with Gasteiger partial charge in [-0.3, -0.25) is 0 Å². The molecule has 0 saturated heterocycles. The molecule has 1 aromatic carbocycles. The van der Waals surface area contributed by atoms with Gasteiger partial charge in [0.1, 0.15) is 17.0 Å². The first-order chi connectivity index (χ1) is 10.3. The Morgan fingerprint density at radius 3 is 2.86 bits per heavy atom. The Morgan fingerprint density at radius 1 is 1.19 bits per heavy atom. The molecule has 0 aliphatic rings. The van der Waals surface area contributed by atoms with E-state index in [4.69, 9.17) is 5.73 Å². The average molecular weight is 298 g/mol. The van der Waals surface area contributed by atoms with Crippen LogP contribution in [0.4, 0.5) is 5.82 Å². The normalized spacial score (nSPS) is 11.0. The minimum Gasteiger partial charge on any atom is -0.365 e. The first-order valence-corrected chi connectivity index (χ1v) is 7.87. The number of benzene rings is 1. The zero-order valence-electron chi connectivity index (χ0n) is 12.0. The molecule has 2 heterocycles. The smallest absolute Gasteiger partial charge is 0.138 e. The zero-order chi connectivity index (χ0) is 14.7. The number of aryl methyl sites for hydroxylation is 1. The van der Waals surface area contributed by atoms with E-state index in [1.165, 1.54) is 10.4 Å². The van der Waals surface area contributed by atoms with Crippen molar-refractivity contribution in [2.75, 3.05) is 5.32 Å². The molecule has 0 atom stereocenters. The summed E-state index contributed by atoms with van der Waals surface area (Å²) in [6.07, 6.45) is 2.65. The summed E-state index contributed by atoms with van der Waals surface area (Å²) in [6.45, 7) is 3.46. The molecule has 0 bridgehead atoms. The molecule has 3 aromatic rings. The lowest BCUT2D eigenvalue weighted by Crippen LogP contribution is -2.03. The molecular formula is C16H18N4S. The van der Waals surface area contributed by atoms with E-state index >= 15 is 0 Å². The maximum Gasteiger partial charge on any atom is 0.138 e. The summed E-state index contributed by atoms with van der Waals surface area (Å²) in [6, 6.07) is 10.5. The Bertz CT molecular complexity index is 751. The number of hydrogen-bond acceptors (Lipinski definition) is 5. The molecule has 4 nitrogen and oxygen atoms in total. The fraction of sp³-hybridized carbons (Fsp3) is 0.250. The number of hydrogen-bond donors (Lipinski definition) is 2. The number of rotatable bonds is 5. The lowest BCUT2D eigenvalue weighted by molar-refractivity contribution is 1.04. The van der Waals surface area contributed by atoms with Crippen LogP contribution in [0.25, 0.3) is 10.2 Å². The van der Waals surface area contributed by atoms with Crippen LogP contribution in [-0.2, 0) is 19.5 Å². The van der Waals surface area contributed by atoms with Crippen molar-refractivity contribution in [1.29, 1.82) is 0 Å². The number of fused-ring (bicyclic) bond motifs is 1. The van der Waals surface area contributed by atoms with Crippen LogP contribution >= 0.6 is 11.3 Å². The van der Waals surface area contributed by atoms with E-state index in [2.05, 4.69) is 40.4 Å². The van der Waals surface area contributed by atoms with Gasteiger partial charge in [0.25, 0.3) is 0 Å². The van der Waals surface area contributed by atoms with Crippen LogP contribution in [0.2, 0.25) is 0 Å². The maximum atomic E-state index is 5.68. The molecule has 0 unspecified atom stereocenters. The Hall–Kier alpha value is -1.98. The zero-order valence-corrected chi connectivity index (χ0v) is 12.8. The molecule has 0 aliphatic heterocycles. The standard InChI is InChI=1S/C16H18N4S/c1-2-13-7-14-15(19-10-20-16(14)21-13)18-9-12-5-3-4-11(6-12)8-17/h3-7,10H,2,8-9,17H2,1H3,(H,18,19,20). The average Bonchev–Trinajstić information content (AvgIpc) is 2.97. The molecule has 0 fully saturated rings. The first kappa shape index (κ1) is 14.0. The molecule has 3 N–H and O–H groups in total. The number of nitrogens with zero attached hydrogens (tertiary/aromatic N) is 2. The van der Waals surface area contributed by atoms with Crippen molar-refractivity contribution < 1.29 is 0 Å². The van der Waals surface area contributed by atoms with E-state index in [-0.39, 0.29) is 0 Å². The summed E-state index contributed by atoms with van der Waals surface area (Å²) < 4.78 is 0. The number of aromatic nitrogens is 2. The Balaban J connectivity index is 1.82. The van der Waals surface area contributed by atoms with Crippen molar-refractivity contribution in [3.63, 3.8) is 0 Å². The van der Waals surface area contributed by atoms with Gasteiger partial charge in [-0.1, -0.05) is 31.2 Å². The number of anilines is 1. The highest BCUT2D eigenvalue weighted by atomic mass is 32.1. The third kappa shape index (κ3) is 3.04. The monoisotopic (exact) mass is 298 g/mol. The molecule has 0 aliphatic carbocycles. The Labute approximate surface area is 128 Å². The van der Waals surface area contributed by atoms with Crippen molar-refractivity contribution in [2.24, 2.45) is 5.73 Å². The topological polar surface area (TPSA) is 63.8 Å². The van der Waals surface area contributed by atoms with E-state index in [1.54, 1.807) is 17.7 Å². The van der Waals surface area contributed by atoms with Crippen molar-refractivity contribution in [1.82, 2.24) is 9.97 Å². The lowest BCUT2D eigenvalue weighted by Gasteiger charge is -2.07. The highest BCUT2D eigenvalue weighted by molar-refractivity contribution is 7.18. The van der Waals surface area contributed by atoms with Gasteiger partial charge in [0, 0.05) is 18.0 Å². The SMILES string of the molecule is CCc1cc2c(NCc3cccc(CN)c3)ncnc2s1. The van der Waals surface area contributed by atoms with Crippen LogP contribution in [0, 0.1) is 0 Å². The highest BCUT2D eigenvalue weighted by Gasteiger charge is 2.07. The second-order valence-corrected chi connectivity index (χ2v) is 6.00. The predicted molar refractivity (Wildman–Crippen MR) is 88.5 cm³/mol. The largest absolute Gasteiger partial charge is 0.365 e. The van der Waals surface area contributed by atoms with E-state index in [9.17, 15) is 0 Å². The minimum absolute atomic E-state index is 0.565. The maximum absolute atomic E-state index is 5.68. The van der Waals surface area contributed by atoms with Crippen molar-refractivity contribution in [3.05, 3.63) is 52.7 Å². The van der Waals surface area contributed by atoms with Gasteiger partial charge in [-0.05, 0) is 23.6 Å². The van der Waals surface area contributed by atoms with Crippen molar-refractivity contribution in [2.45, 2.75) is 26.4 Å². The summed E-state index contributed by atoms with van der Waals surface area (Å²) in [5.74, 6) is 0.897. The number of thiophene rings is 1. The minimum atomic E-state index is 0.565. The fourth-order valence-corrected chi connectivity index (χ4v) is 3.21. The number of nitrogens with two attached hydrogens (primary N) is 1. The summed E-state index contributed by atoms with van der Waals surface area (Å²) in [5.41, 5.74) is 8.03. The van der Waals surface area contributed by atoms with Gasteiger partial charge in [0.05, 0.1) is 5.39 Å².